The first-order valence-electron chi connectivity index (χ1n) is 24.0. The zero-order valence-electron chi connectivity index (χ0n) is 38.4. The Balaban J connectivity index is 1.04. The quantitative estimate of drug-likeness (QED) is 0.166. The molecule has 334 valence electrons. The lowest BCUT2D eigenvalue weighted by molar-refractivity contribution is 0.666. The molecule has 0 spiro atoms. The lowest BCUT2D eigenvalue weighted by Crippen LogP contribution is -2.02. The van der Waals surface area contributed by atoms with Crippen molar-refractivity contribution in [1.82, 2.24) is 19.1 Å². The van der Waals surface area contributed by atoms with E-state index >= 15 is 0 Å². The average Bonchev–Trinajstić information content (AvgIpc) is 4.20. The van der Waals surface area contributed by atoms with Crippen LogP contribution in [0, 0.1) is 11.3 Å². The molecule has 0 aliphatic heterocycles. The standard InChI is InChI=1S/C65H37N5O2/c66-38-52-62(39-16-4-1-5-17-39)67-65(68-63(52)40-18-6-2-7-19-40)47-30-32-55(64-61(47)46-24-12-15-27-59(46)72-64)70-54-31-28-41(42-29-33-60-51(35-42)45-23-11-14-26-58(45)71-60)34-48(54)50-36-49-44-22-10-13-25-53(44)69(56(49)37-57(50)70)43-20-8-3-9-21-43/h1-37H. The van der Waals surface area contributed by atoms with Crippen molar-refractivity contribution < 1.29 is 8.83 Å². The number of fused-ring (bicyclic) bond motifs is 12. The molecule has 0 fully saturated rings. The van der Waals surface area contributed by atoms with E-state index in [-0.39, 0.29) is 0 Å². The van der Waals surface area contributed by atoms with Crippen LogP contribution in [0.15, 0.2) is 233 Å². The normalized spacial score (nSPS) is 11.9. The van der Waals surface area contributed by atoms with Crippen LogP contribution in [0.1, 0.15) is 5.56 Å². The highest BCUT2D eigenvalue weighted by Gasteiger charge is 2.26. The zero-order chi connectivity index (χ0) is 47.4. The maximum Gasteiger partial charge on any atom is 0.161 e. The van der Waals surface area contributed by atoms with Gasteiger partial charge in [-0.1, -0.05) is 146 Å². The van der Waals surface area contributed by atoms with E-state index in [9.17, 15) is 5.26 Å². The molecule has 0 bridgehead atoms. The maximum absolute atomic E-state index is 10.8. The van der Waals surface area contributed by atoms with Crippen LogP contribution in [0.2, 0.25) is 0 Å². The molecule has 15 rings (SSSR count). The van der Waals surface area contributed by atoms with E-state index in [1.807, 2.05) is 91.0 Å². The molecule has 7 heteroatoms. The first-order chi connectivity index (χ1) is 35.7. The van der Waals surface area contributed by atoms with Crippen LogP contribution in [-0.4, -0.2) is 19.1 Å². The molecule has 10 aromatic carbocycles. The molecule has 0 aliphatic rings. The molecule has 0 saturated heterocycles. The Morgan fingerprint density at radius 2 is 0.917 bits per heavy atom. The van der Waals surface area contributed by atoms with Crippen LogP contribution in [0.4, 0.5) is 0 Å². The van der Waals surface area contributed by atoms with Crippen LogP contribution in [0.3, 0.4) is 0 Å². The van der Waals surface area contributed by atoms with Gasteiger partial charge in [0.2, 0.25) is 0 Å². The second-order valence-electron chi connectivity index (χ2n) is 18.3. The van der Waals surface area contributed by atoms with Gasteiger partial charge in [0, 0.05) is 65.5 Å². The molecule has 15 aromatic rings. The SMILES string of the molecule is N#Cc1c(-c2ccccc2)nc(-c2ccc(-n3c4ccc(-c5ccc6oc7ccccc7c6c5)cc4c4cc5c6ccccc6n(-c6ccccc6)c5cc43)c3oc4ccccc4c23)nc1-c1ccccc1. The van der Waals surface area contributed by atoms with Crippen molar-refractivity contribution in [3.05, 3.63) is 230 Å². The van der Waals surface area contributed by atoms with Crippen molar-refractivity contribution in [3.63, 3.8) is 0 Å². The molecule has 0 atom stereocenters. The Bertz CT molecular complexity index is 4690. The molecule has 7 nitrogen and oxygen atoms in total. The number of para-hydroxylation sites is 4. The molecule has 5 aromatic heterocycles. The van der Waals surface area contributed by atoms with Crippen molar-refractivity contribution >= 4 is 87.5 Å². The van der Waals surface area contributed by atoms with E-state index in [1.165, 1.54) is 10.8 Å². The molecule has 0 N–H and O–H groups in total. The summed E-state index contributed by atoms with van der Waals surface area (Å²) in [5.41, 5.74) is 15.7. The first kappa shape index (κ1) is 39.9. The highest BCUT2D eigenvalue weighted by atomic mass is 16.3. The van der Waals surface area contributed by atoms with Crippen LogP contribution in [-0.2, 0) is 0 Å². The summed E-state index contributed by atoms with van der Waals surface area (Å²) in [6.45, 7) is 0. The minimum atomic E-state index is 0.419. The molecule has 0 aliphatic carbocycles. The highest BCUT2D eigenvalue weighted by molar-refractivity contribution is 6.21. The Morgan fingerprint density at radius 3 is 1.64 bits per heavy atom. The van der Waals surface area contributed by atoms with Crippen LogP contribution >= 0.6 is 0 Å². The fraction of sp³-hybridized carbons (Fsp3) is 0. The molecular formula is C65H37N5O2. The van der Waals surface area contributed by atoms with Gasteiger partial charge >= 0.3 is 0 Å². The van der Waals surface area contributed by atoms with Gasteiger partial charge in [-0.25, -0.2) is 9.97 Å². The lowest BCUT2D eigenvalue weighted by Gasteiger charge is -2.14. The third-order valence-electron chi connectivity index (χ3n) is 14.4. The molecule has 72 heavy (non-hydrogen) atoms. The van der Waals surface area contributed by atoms with Crippen LogP contribution in [0.5, 0.6) is 0 Å². The minimum Gasteiger partial charge on any atom is -0.456 e. The molecule has 0 unspecified atom stereocenters. The summed E-state index contributed by atoms with van der Waals surface area (Å²) >= 11 is 0. The fourth-order valence-corrected chi connectivity index (χ4v) is 11.2. The topological polar surface area (TPSA) is 85.7 Å². The van der Waals surface area contributed by atoms with Crippen molar-refractivity contribution in [2.24, 2.45) is 0 Å². The van der Waals surface area contributed by atoms with Gasteiger partial charge in [-0.15, -0.1) is 0 Å². The van der Waals surface area contributed by atoms with Gasteiger partial charge in [0.15, 0.2) is 11.4 Å². The van der Waals surface area contributed by atoms with Crippen molar-refractivity contribution in [3.8, 4) is 62.5 Å². The molecule has 0 amide bonds. The second kappa shape index (κ2) is 15.5. The smallest absolute Gasteiger partial charge is 0.161 e. The molecular weight excluding hydrogens is 883 g/mol. The summed E-state index contributed by atoms with van der Waals surface area (Å²) in [5, 5.41) is 19.4. The van der Waals surface area contributed by atoms with Crippen molar-refractivity contribution in [1.29, 1.82) is 5.26 Å². The van der Waals surface area contributed by atoms with Gasteiger partial charge < -0.3 is 18.0 Å². The summed E-state index contributed by atoms with van der Waals surface area (Å²) in [7, 11) is 0. The van der Waals surface area contributed by atoms with Gasteiger partial charge in [0.1, 0.15) is 28.4 Å². The van der Waals surface area contributed by atoms with E-state index in [0.29, 0.717) is 28.4 Å². The summed E-state index contributed by atoms with van der Waals surface area (Å²) in [6.07, 6.45) is 0. The largest absolute Gasteiger partial charge is 0.456 e. The summed E-state index contributed by atoms with van der Waals surface area (Å²) in [6, 6.07) is 80.3. The minimum absolute atomic E-state index is 0.419. The second-order valence-corrected chi connectivity index (χ2v) is 18.3. The fourth-order valence-electron chi connectivity index (χ4n) is 11.2. The van der Waals surface area contributed by atoms with E-state index in [2.05, 4.69) is 149 Å². The van der Waals surface area contributed by atoms with E-state index in [4.69, 9.17) is 18.8 Å². The number of aromatic nitrogens is 4. The maximum atomic E-state index is 10.8. The van der Waals surface area contributed by atoms with Gasteiger partial charge in [0.25, 0.3) is 0 Å². The van der Waals surface area contributed by atoms with E-state index in [1.54, 1.807) is 0 Å². The number of nitriles is 1. The molecule has 5 heterocycles. The Kier molecular flexibility index (Phi) is 8.59. The highest BCUT2D eigenvalue weighted by Crippen LogP contribution is 2.46. The number of nitrogens with zero attached hydrogens (tertiary/aromatic N) is 5. The number of benzene rings is 10. The van der Waals surface area contributed by atoms with Gasteiger partial charge in [-0.2, -0.15) is 5.26 Å². The predicted molar refractivity (Wildman–Crippen MR) is 292 cm³/mol. The Morgan fingerprint density at radius 1 is 0.375 bits per heavy atom. The molecule has 0 saturated carbocycles. The van der Waals surface area contributed by atoms with Crippen LogP contribution < -0.4 is 0 Å². The summed E-state index contributed by atoms with van der Waals surface area (Å²) < 4.78 is 18.1. The van der Waals surface area contributed by atoms with Crippen LogP contribution in [0.25, 0.3) is 144 Å². The van der Waals surface area contributed by atoms with Gasteiger partial charge in [0.05, 0.1) is 39.1 Å². The zero-order valence-corrected chi connectivity index (χ0v) is 38.4. The number of hydrogen-bond acceptors (Lipinski definition) is 5. The number of furan rings is 2. The van der Waals surface area contributed by atoms with Gasteiger partial charge in [-0.05, 0) is 90.0 Å². The van der Waals surface area contributed by atoms with Crippen molar-refractivity contribution in [2.45, 2.75) is 0 Å². The summed E-state index contributed by atoms with van der Waals surface area (Å²) in [5.74, 6) is 0.498. The number of rotatable bonds is 6. The van der Waals surface area contributed by atoms with E-state index < -0.39 is 0 Å². The average molecular weight is 920 g/mol. The third kappa shape index (κ3) is 5.90. The monoisotopic (exact) mass is 919 g/mol. The molecule has 0 radical (unpaired) electrons. The Hall–Kier alpha value is -10.0. The first-order valence-corrected chi connectivity index (χ1v) is 24.0. The third-order valence-corrected chi connectivity index (χ3v) is 14.4. The van der Waals surface area contributed by atoms with E-state index in [0.717, 1.165) is 110 Å². The Labute approximate surface area is 411 Å². The number of hydrogen-bond donors (Lipinski definition) is 0. The summed E-state index contributed by atoms with van der Waals surface area (Å²) in [4.78, 5) is 10.5. The van der Waals surface area contributed by atoms with Gasteiger partial charge in [-0.3, -0.25) is 0 Å². The lowest BCUT2D eigenvalue weighted by atomic mass is 9.99. The van der Waals surface area contributed by atoms with Crippen molar-refractivity contribution in [2.75, 3.05) is 0 Å². The predicted octanol–water partition coefficient (Wildman–Crippen LogP) is 17.0.